The highest BCUT2D eigenvalue weighted by molar-refractivity contribution is 6.02. The number of benzene rings is 1. The number of Topliss-reactive ketones (excluding diaryl/α,β-unsaturated/α-hetero) is 1. The Labute approximate surface area is 121 Å². The van der Waals surface area contributed by atoms with Crippen LogP contribution in [0.4, 0.5) is 0 Å². The maximum Gasteiger partial charge on any atom is 0.195 e. The summed E-state index contributed by atoms with van der Waals surface area (Å²) in [7, 11) is 3.17. The van der Waals surface area contributed by atoms with E-state index in [1.165, 1.54) is 0 Å². The number of hydrogen-bond donors (Lipinski definition) is 0. The Balaban J connectivity index is 2.97. The summed E-state index contributed by atoms with van der Waals surface area (Å²) in [6.45, 7) is 6.83. The lowest BCUT2D eigenvalue weighted by molar-refractivity contribution is 0.0192. The van der Waals surface area contributed by atoms with Crippen molar-refractivity contribution < 1.29 is 19.0 Å². The van der Waals surface area contributed by atoms with Crippen molar-refractivity contribution in [1.82, 2.24) is 0 Å². The van der Waals surface area contributed by atoms with E-state index in [1.54, 1.807) is 26.4 Å². The Bertz CT molecular complexity index is 434. The standard InChI is InChI=1S/C16H24O4/c1-16(2,3)15(19-5)14(17)12-8-6-7-9-13(12)20-11-10-18-4/h6-9,15H,10-11H2,1-5H3. The van der Waals surface area contributed by atoms with Crippen LogP contribution in [0.3, 0.4) is 0 Å². The number of ketones is 1. The molecule has 20 heavy (non-hydrogen) atoms. The molecule has 1 aromatic carbocycles. The third-order valence-electron chi connectivity index (χ3n) is 2.96. The van der Waals surface area contributed by atoms with Gasteiger partial charge in [0.2, 0.25) is 0 Å². The van der Waals surface area contributed by atoms with E-state index in [-0.39, 0.29) is 11.2 Å². The van der Waals surface area contributed by atoms with E-state index in [1.807, 2.05) is 32.9 Å². The minimum Gasteiger partial charge on any atom is -0.490 e. The minimum atomic E-state index is -0.505. The number of carbonyl (C=O) groups is 1. The van der Waals surface area contributed by atoms with Crippen LogP contribution < -0.4 is 4.74 Å². The van der Waals surface area contributed by atoms with E-state index in [4.69, 9.17) is 14.2 Å². The lowest BCUT2D eigenvalue weighted by Gasteiger charge is -2.28. The first-order valence-electron chi connectivity index (χ1n) is 6.69. The average molecular weight is 280 g/mol. The van der Waals surface area contributed by atoms with Crippen molar-refractivity contribution in [3.05, 3.63) is 29.8 Å². The van der Waals surface area contributed by atoms with Crippen LogP contribution in [0, 0.1) is 5.41 Å². The second-order valence-electron chi connectivity index (χ2n) is 5.68. The van der Waals surface area contributed by atoms with Crippen LogP contribution in [0.25, 0.3) is 0 Å². The summed E-state index contributed by atoms with van der Waals surface area (Å²) in [5, 5.41) is 0. The SMILES string of the molecule is COCCOc1ccccc1C(=O)C(OC)C(C)(C)C. The molecule has 4 heteroatoms. The number of para-hydroxylation sites is 1. The summed E-state index contributed by atoms with van der Waals surface area (Å²) in [6, 6.07) is 7.23. The van der Waals surface area contributed by atoms with E-state index in [0.29, 0.717) is 24.5 Å². The van der Waals surface area contributed by atoms with Gasteiger partial charge in [-0.05, 0) is 17.5 Å². The van der Waals surface area contributed by atoms with Gasteiger partial charge in [-0.1, -0.05) is 32.9 Å². The molecule has 0 aliphatic carbocycles. The van der Waals surface area contributed by atoms with Crippen LogP contribution in [0.5, 0.6) is 5.75 Å². The lowest BCUT2D eigenvalue weighted by Crippen LogP contribution is -2.36. The molecule has 1 atom stereocenters. The molecule has 0 radical (unpaired) electrons. The molecule has 0 aliphatic rings. The summed E-state index contributed by atoms with van der Waals surface area (Å²) in [5.74, 6) is 0.508. The highest BCUT2D eigenvalue weighted by Crippen LogP contribution is 2.28. The van der Waals surface area contributed by atoms with Gasteiger partial charge in [-0.2, -0.15) is 0 Å². The number of rotatable bonds is 7. The third-order valence-corrected chi connectivity index (χ3v) is 2.96. The molecule has 0 N–H and O–H groups in total. The first-order valence-corrected chi connectivity index (χ1v) is 6.69. The van der Waals surface area contributed by atoms with E-state index < -0.39 is 6.10 Å². The van der Waals surface area contributed by atoms with E-state index >= 15 is 0 Å². The maximum atomic E-state index is 12.6. The predicted octanol–water partition coefficient (Wildman–Crippen LogP) is 2.96. The second-order valence-corrected chi connectivity index (χ2v) is 5.68. The van der Waals surface area contributed by atoms with Gasteiger partial charge < -0.3 is 14.2 Å². The van der Waals surface area contributed by atoms with Gasteiger partial charge in [0.25, 0.3) is 0 Å². The molecule has 0 aromatic heterocycles. The molecule has 1 rings (SSSR count). The topological polar surface area (TPSA) is 44.8 Å². The van der Waals surface area contributed by atoms with Gasteiger partial charge in [-0.15, -0.1) is 0 Å². The molecule has 112 valence electrons. The predicted molar refractivity (Wildman–Crippen MR) is 78.4 cm³/mol. The molecule has 0 saturated heterocycles. The van der Waals surface area contributed by atoms with E-state index in [0.717, 1.165) is 0 Å². The largest absolute Gasteiger partial charge is 0.490 e. The molecular weight excluding hydrogens is 256 g/mol. The molecule has 0 amide bonds. The smallest absolute Gasteiger partial charge is 0.195 e. The minimum absolute atomic E-state index is 0.0620. The summed E-state index contributed by atoms with van der Waals surface area (Å²) in [5.41, 5.74) is 0.274. The number of carbonyl (C=O) groups excluding carboxylic acids is 1. The zero-order valence-electron chi connectivity index (χ0n) is 12.9. The van der Waals surface area contributed by atoms with Gasteiger partial charge in [-0.25, -0.2) is 0 Å². The molecule has 0 aliphatic heterocycles. The number of ether oxygens (including phenoxy) is 3. The fourth-order valence-electron chi connectivity index (χ4n) is 2.03. The summed E-state index contributed by atoms with van der Waals surface area (Å²) < 4.78 is 15.9. The monoisotopic (exact) mass is 280 g/mol. The van der Waals surface area contributed by atoms with Crippen molar-refractivity contribution in [3.63, 3.8) is 0 Å². The van der Waals surface area contributed by atoms with Crippen LogP contribution in [0.2, 0.25) is 0 Å². The van der Waals surface area contributed by atoms with E-state index in [9.17, 15) is 4.79 Å². The molecule has 4 nitrogen and oxygen atoms in total. The first-order chi connectivity index (χ1) is 9.41. The lowest BCUT2D eigenvalue weighted by atomic mass is 9.84. The van der Waals surface area contributed by atoms with Crippen molar-refractivity contribution in [1.29, 1.82) is 0 Å². The van der Waals surface area contributed by atoms with Crippen LogP contribution >= 0.6 is 0 Å². The molecular formula is C16H24O4. The van der Waals surface area contributed by atoms with Crippen molar-refractivity contribution in [3.8, 4) is 5.75 Å². The molecule has 0 saturated carbocycles. The van der Waals surface area contributed by atoms with Crippen LogP contribution in [-0.2, 0) is 9.47 Å². The Kier molecular flexibility index (Phi) is 6.17. The highest BCUT2D eigenvalue weighted by Gasteiger charge is 2.33. The molecule has 0 heterocycles. The highest BCUT2D eigenvalue weighted by atomic mass is 16.5. The Morgan fingerprint density at radius 3 is 2.35 bits per heavy atom. The zero-order chi connectivity index (χ0) is 15.2. The van der Waals surface area contributed by atoms with Crippen LogP contribution in [0.15, 0.2) is 24.3 Å². The van der Waals surface area contributed by atoms with Gasteiger partial charge in [-0.3, -0.25) is 4.79 Å². The van der Waals surface area contributed by atoms with Crippen molar-refractivity contribution >= 4 is 5.78 Å². The zero-order valence-corrected chi connectivity index (χ0v) is 12.9. The van der Waals surface area contributed by atoms with Crippen LogP contribution in [-0.4, -0.2) is 39.3 Å². The van der Waals surface area contributed by atoms with Gasteiger partial charge in [0.1, 0.15) is 18.5 Å². The summed E-state index contributed by atoms with van der Waals surface area (Å²) in [4.78, 5) is 12.6. The van der Waals surface area contributed by atoms with Gasteiger partial charge in [0.15, 0.2) is 5.78 Å². The molecule has 0 bridgehead atoms. The number of hydrogen-bond acceptors (Lipinski definition) is 4. The van der Waals surface area contributed by atoms with Gasteiger partial charge >= 0.3 is 0 Å². The fraction of sp³-hybridized carbons (Fsp3) is 0.562. The van der Waals surface area contributed by atoms with Crippen molar-refractivity contribution in [2.45, 2.75) is 26.9 Å². The average Bonchev–Trinajstić information content (AvgIpc) is 2.38. The Morgan fingerprint density at radius 1 is 1.15 bits per heavy atom. The molecule has 0 spiro atoms. The number of methoxy groups -OCH3 is 2. The Morgan fingerprint density at radius 2 is 1.80 bits per heavy atom. The first kappa shape index (κ1) is 16.7. The molecule has 1 aromatic rings. The second kappa shape index (κ2) is 7.41. The van der Waals surface area contributed by atoms with Gasteiger partial charge in [0, 0.05) is 14.2 Å². The normalized spacial score (nSPS) is 13.1. The molecule has 0 fully saturated rings. The van der Waals surface area contributed by atoms with Crippen molar-refractivity contribution in [2.24, 2.45) is 5.41 Å². The summed E-state index contributed by atoms with van der Waals surface area (Å²) >= 11 is 0. The van der Waals surface area contributed by atoms with Crippen molar-refractivity contribution in [2.75, 3.05) is 27.4 Å². The van der Waals surface area contributed by atoms with Gasteiger partial charge in [0.05, 0.1) is 12.2 Å². The molecule has 1 unspecified atom stereocenters. The third kappa shape index (κ3) is 4.32. The van der Waals surface area contributed by atoms with E-state index in [2.05, 4.69) is 0 Å². The quantitative estimate of drug-likeness (QED) is 0.569. The Hall–Kier alpha value is -1.39. The summed E-state index contributed by atoms with van der Waals surface area (Å²) in [6.07, 6.45) is -0.505. The fourth-order valence-corrected chi connectivity index (χ4v) is 2.03. The van der Waals surface area contributed by atoms with Crippen LogP contribution in [0.1, 0.15) is 31.1 Å². The maximum absolute atomic E-state index is 12.6.